The van der Waals surface area contributed by atoms with Crippen LogP contribution in [0.3, 0.4) is 0 Å². The van der Waals surface area contributed by atoms with Crippen molar-refractivity contribution < 1.29 is 14.3 Å². The second-order valence-electron chi connectivity index (χ2n) is 6.00. The van der Waals surface area contributed by atoms with Gasteiger partial charge in [0, 0.05) is 11.8 Å². The molecule has 0 saturated carbocycles. The van der Waals surface area contributed by atoms with Crippen LogP contribution in [-0.4, -0.2) is 23.3 Å². The van der Waals surface area contributed by atoms with Crippen LogP contribution < -0.4 is 15.8 Å². The van der Waals surface area contributed by atoms with Gasteiger partial charge in [0.1, 0.15) is 6.61 Å². The summed E-state index contributed by atoms with van der Waals surface area (Å²) in [5, 5.41) is 2.25. The van der Waals surface area contributed by atoms with Crippen LogP contribution in [0.4, 0.5) is 0 Å². The Kier molecular flexibility index (Phi) is 5.40. The first-order chi connectivity index (χ1) is 12.2. The van der Waals surface area contributed by atoms with Gasteiger partial charge in [-0.3, -0.25) is 14.9 Å². The van der Waals surface area contributed by atoms with Crippen molar-refractivity contribution in [3.8, 4) is 5.75 Å². The number of nitrogens with zero attached hydrogens (tertiary/aromatic N) is 1. The average Bonchev–Trinajstić information content (AvgIpc) is 2.66. The minimum atomic E-state index is -0.577. The van der Waals surface area contributed by atoms with Gasteiger partial charge in [0.25, 0.3) is 5.91 Å². The van der Waals surface area contributed by atoms with Gasteiger partial charge in [-0.1, -0.05) is 30.3 Å². The maximum absolute atomic E-state index is 12.4. The van der Waals surface area contributed by atoms with Crippen LogP contribution in [0, 0.1) is 0 Å². The van der Waals surface area contributed by atoms with E-state index in [-0.39, 0.29) is 12.2 Å². The Morgan fingerprint density at radius 1 is 1.16 bits per heavy atom. The van der Waals surface area contributed by atoms with Gasteiger partial charge in [-0.05, 0) is 36.8 Å². The third kappa shape index (κ3) is 4.03. The average molecular weight is 339 g/mol. The van der Waals surface area contributed by atoms with Crippen molar-refractivity contribution in [2.24, 2.45) is 5.73 Å². The van der Waals surface area contributed by atoms with Crippen LogP contribution in [0.15, 0.2) is 36.5 Å². The molecule has 1 aliphatic rings. The fourth-order valence-corrected chi connectivity index (χ4v) is 2.96. The summed E-state index contributed by atoms with van der Waals surface area (Å²) in [4.78, 5) is 28.1. The number of hydrogen-bond donors (Lipinski definition) is 2. The minimum absolute atomic E-state index is 0.137. The Morgan fingerprint density at radius 2 is 1.92 bits per heavy atom. The Bertz CT molecular complexity index is 775. The van der Waals surface area contributed by atoms with Gasteiger partial charge in [-0.15, -0.1) is 0 Å². The molecule has 130 valence electrons. The fourth-order valence-electron chi connectivity index (χ4n) is 2.96. The highest BCUT2D eigenvalue weighted by molar-refractivity contribution is 6.05. The van der Waals surface area contributed by atoms with Crippen LogP contribution in [-0.2, 0) is 24.2 Å². The number of nitrogens with one attached hydrogen (secondary N) is 1. The molecule has 0 unspecified atom stereocenters. The van der Waals surface area contributed by atoms with Crippen molar-refractivity contribution in [3.63, 3.8) is 0 Å². The summed E-state index contributed by atoms with van der Waals surface area (Å²) in [5.74, 6) is -0.645. The normalized spacial score (nSPS) is 13.0. The molecule has 25 heavy (non-hydrogen) atoms. The first kappa shape index (κ1) is 17.1. The number of fused-ring (bicyclic) bond motifs is 1. The molecule has 2 amide bonds. The summed E-state index contributed by atoms with van der Waals surface area (Å²) in [6.07, 6.45) is 5.62. The van der Waals surface area contributed by atoms with Crippen LogP contribution >= 0.6 is 0 Å². The van der Waals surface area contributed by atoms with Crippen LogP contribution in [0.2, 0.25) is 0 Å². The molecule has 1 heterocycles. The molecular formula is C19H21N3O3. The number of pyridine rings is 1. The van der Waals surface area contributed by atoms with Crippen molar-refractivity contribution in [1.82, 2.24) is 10.3 Å². The van der Waals surface area contributed by atoms with Gasteiger partial charge in [0.2, 0.25) is 5.91 Å². The van der Waals surface area contributed by atoms with Gasteiger partial charge < -0.3 is 10.5 Å². The minimum Gasteiger partial charge on any atom is -0.486 e. The Labute approximate surface area is 146 Å². The van der Waals surface area contributed by atoms with E-state index in [0.29, 0.717) is 12.4 Å². The van der Waals surface area contributed by atoms with E-state index in [1.54, 1.807) is 6.20 Å². The standard InChI is InChI=1S/C19H21N3O3/c20-10-16(23)22-19(24)17-18(25-12-13-6-2-1-3-7-13)15-9-5-4-8-14(15)11-21-17/h1-3,6-7,11H,4-5,8-10,12,20H2,(H,22,23,24). The first-order valence-electron chi connectivity index (χ1n) is 8.40. The highest BCUT2D eigenvalue weighted by atomic mass is 16.5. The van der Waals surface area contributed by atoms with Crippen molar-refractivity contribution in [3.05, 3.63) is 58.9 Å². The molecule has 0 bridgehead atoms. The van der Waals surface area contributed by atoms with E-state index in [4.69, 9.17) is 10.5 Å². The van der Waals surface area contributed by atoms with Crippen molar-refractivity contribution in [1.29, 1.82) is 0 Å². The zero-order chi connectivity index (χ0) is 17.6. The second-order valence-corrected chi connectivity index (χ2v) is 6.00. The van der Waals surface area contributed by atoms with E-state index in [1.807, 2.05) is 30.3 Å². The molecule has 1 aromatic heterocycles. The molecule has 3 N–H and O–H groups in total. The van der Waals surface area contributed by atoms with E-state index in [9.17, 15) is 9.59 Å². The van der Waals surface area contributed by atoms with E-state index in [0.717, 1.165) is 42.4 Å². The molecule has 0 saturated heterocycles. The lowest BCUT2D eigenvalue weighted by Crippen LogP contribution is -2.36. The van der Waals surface area contributed by atoms with E-state index < -0.39 is 11.8 Å². The molecule has 0 atom stereocenters. The molecule has 0 aliphatic heterocycles. The molecule has 6 nitrogen and oxygen atoms in total. The summed E-state index contributed by atoms with van der Waals surface area (Å²) >= 11 is 0. The predicted octanol–water partition coefficient (Wildman–Crippen LogP) is 1.75. The smallest absolute Gasteiger partial charge is 0.280 e. The monoisotopic (exact) mass is 339 g/mol. The largest absolute Gasteiger partial charge is 0.486 e. The Morgan fingerprint density at radius 3 is 2.68 bits per heavy atom. The summed E-state index contributed by atoms with van der Waals surface area (Å²) < 4.78 is 5.99. The summed E-state index contributed by atoms with van der Waals surface area (Å²) in [6.45, 7) is 0.0843. The molecule has 1 aromatic carbocycles. The van der Waals surface area contributed by atoms with Gasteiger partial charge in [-0.25, -0.2) is 4.98 Å². The number of benzene rings is 1. The third-order valence-corrected chi connectivity index (χ3v) is 4.23. The van der Waals surface area contributed by atoms with Gasteiger partial charge >= 0.3 is 0 Å². The number of rotatable bonds is 5. The van der Waals surface area contributed by atoms with Crippen LogP contribution in [0.25, 0.3) is 0 Å². The highest BCUT2D eigenvalue weighted by Gasteiger charge is 2.24. The number of ether oxygens (including phenoxy) is 1. The number of aryl methyl sites for hydroxylation is 1. The quantitative estimate of drug-likeness (QED) is 0.865. The maximum atomic E-state index is 12.4. The summed E-state index contributed by atoms with van der Waals surface area (Å²) in [6, 6.07) is 9.73. The van der Waals surface area contributed by atoms with Crippen LogP contribution in [0.5, 0.6) is 5.75 Å². The van der Waals surface area contributed by atoms with Crippen LogP contribution in [0.1, 0.15) is 40.0 Å². The molecule has 0 radical (unpaired) electrons. The topological polar surface area (TPSA) is 94.3 Å². The highest BCUT2D eigenvalue weighted by Crippen LogP contribution is 2.32. The van der Waals surface area contributed by atoms with E-state index in [1.165, 1.54) is 0 Å². The summed E-state index contributed by atoms with van der Waals surface area (Å²) in [7, 11) is 0. The second kappa shape index (κ2) is 7.90. The Balaban J connectivity index is 1.91. The van der Waals surface area contributed by atoms with Gasteiger partial charge in [0.05, 0.1) is 6.54 Å². The molecule has 0 spiro atoms. The fraction of sp³-hybridized carbons (Fsp3) is 0.316. The first-order valence-corrected chi connectivity index (χ1v) is 8.40. The number of nitrogens with two attached hydrogens (primary N) is 1. The van der Waals surface area contributed by atoms with E-state index in [2.05, 4.69) is 10.3 Å². The van der Waals surface area contributed by atoms with Crippen molar-refractivity contribution >= 4 is 11.8 Å². The molecule has 6 heteroatoms. The molecule has 2 aromatic rings. The lowest BCUT2D eigenvalue weighted by Gasteiger charge is -2.21. The number of carbonyl (C=O) groups is 2. The van der Waals surface area contributed by atoms with Gasteiger partial charge in [-0.2, -0.15) is 0 Å². The number of hydrogen-bond acceptors (Lipinski definition) is 5. The number of amides is 2. The lowest BCUT2D eigenvalue weighted by atomic mass is 9.92. The van der Waals surface area contributed by atoms with Crippen molar-refractivity contribution in [2.45, 2.75) is 32.3 Å². The molecule has 0 fully saturated rings. The molecular weight excluding hydrogens is 318 g/mol. The third-order valence-electron chi connectivity index (χ3n) is 4.23. The van der Waals surface area contributed by atoms with Crippen molar-refractivity contribution in [2.75, 3.05) is 6.54 Å². The van der Waals surface area contributed by atoms with Gasteiger partial charge in [0.15, 0.2) is 11.4 Å². The Hall–Kier alpha value is -2.73. The SMILES string of the molecule is NCC(=O)NC(=O)c1ncc2c(c1OCc1ccccc1)CCCC2. The zero-order valence-corrected chi connectivity index (χ0v) is 14.0. The number of imide groups is 1. The number of aromatic nitrogens is 1. The maximum Gasteiger partial charge on any atom is 0.280 e. The zero-order valence-electron chi connectivity index (χ0n) is 14.0. The summed E-state index contributed by atoms with van der Waals surface area (Å²) in [5.41, 5.74) is 8.53. The molecule has 1 aliphatic carbocycles. The lowest BCUT2D eigenvalue weighted by molar-refractivity contribution is -0.118. The predicted molar refractivity (Wildman–Crippen MR) is 93.2 cm³/mol. The molecule has 3 rings (SSSR count). The number of carbonyl (C=O) groups excluding carboxylic acids is 2. The van der Waals surface area contributed by atoms with E-state index >= 15 is 0 Å².